The van der Waals surface area contributed by atoms with E-state index in [1.54, 1.807) is 11.0 Å². The van der Waals surface area contributed by atoms with Crippen LogP contribution in [0.5, 0.6) is 0 Å². The number of unbranched alkanes of at least 4 members (excludes halogenated alkanes) is 1. The van der Waals surface area contributed by atoms with Crippen LogP contribution in [0.2, 0.25) is 5.02 Å². The van der Waals surface area contributed by atoms with E-state index in [0.717, 1.165) is 12.8 Å². The molecule has 128 valence electrons. The molecule has 1 aliphatic rings. The number of hydrogen-bond acceptors (Lipinski definition) is 3. The maximum Gasteiger partial charge on any atom is 0.409 e. The van der Waals surface area contributed by atoms with Crippen LogP contribution in [0, 0.1) is 5.82 Å². The Labute approximate surface area is 149 Å². The van der Waals surface area contributed by atoms with E-state index in [1.807, 2.05) is 13.8 Å². The van der Waals surface area contributed by atoms with Crippen molar-refractivity contribution < 1.29 is 13.9 Å². The standard InChI is InChI=1S/C16H21BrClFN2O2/c1-3-4-5-23-16(22)21-8-10(2)20-14(9-21)12-6-11(18)7-13(17)15(12)19/h6-7,10,14,20H,3-5,8-9H2,1-2H3/t10-,14+/m0/s1. The van der Waals surface area contributed by atoms with Gasteiger partial charge in [0.25, 0.3) is 0 Å². The highest BCUT2D eigenvalue weighted by atomic mass is 79.9. The summed E-state index contributed by atoms with van der Waals surface area (Å²) in [7, 11) is 0. The first-order chi connectivity index (χ1) is 10.9. The number of amides is 1. The molecule has 2 rings (SSSR count). The van der Waals surface area contributed by atoms with Crippen molar-refractivity contribution in [3.8, 4) is 0 Å². The summed E-state index contributed by atoms with van der Waals surface area (Å²) in [5, 5.41) is 3.76. The quantitative estimate of drug-likeness (QED) is 0.589. The van der Waals surface area contributed by atoms with Crippen molar-refractivity contribution in [2.75, 3.05) is 19.7 Å². The Balaban J connectivity index is 2.13. The number of carbonyl (C=O) groups is 1. The molecule has 0 spiro atoms. The molecule has 2 atom stereocenters. The second kappa shape index (κ2) is 8.31. The van der Waals surface area contributed by atoms with Crippen LogP contribution in [0.3, 0.4) is 0 Å². The summed E-state index contributed by atoms with van der Waals surface area (Å²) in [6.07, 6.45) is 1.46. The van der Waals surface area contributed by atoms with Crippen LogP contribution in [0.15, 0.2) is 16.6 Å². The van der Waals surface area contributed by atoms with Gasteiger partial charge in [0.15, 0.2) is 0 Å². The first-order valence-corrected chi connectivity index (χ1v) is 8.91. The highest BCUT2D eigenvalue weighted by Crippen LogP contribution is 2.30. The molecule has 1 heterocycles. The van der Waals surface area contributed by atoms with Gasteiger partial charge in [0.05, 0.1) is 17.1 Å². The Hall–Kier alpha value is -0.850. The fraction of sp³-hybridized carbons (Fsp3) is 0.562. The van der Waals surface area contributed by atoms with E-state index in [4.69, 9.17) is 16.3 Å². The van der Waals surface area contributed by atoms with Gasteiger partial charge in [0.1, 0.15) is 5.82 Å². The Morgan fingerprint density at radius 1 is 1.52 bits per heavy atom. The molecular formula is C16H21BrClFN2O2. The normalized spacial score (nSPS) is 21.3. The molecule has 1 N–H and O–H groups in total. The van der Waals surface area contributed by atoms with E-state index in [0.29, 0.717) is 34.8 Å². The third-order valence-corrected chi connectivity index (χ3v) is 4.56. The van der Waals surface area contributed by atoms with Crippen molar-refractivity contribution in [1.29, 1.82) is 0 Å². The molecule has 1 aromatic rings. The van der Waals surface area contributed by atoms with E-state index in [-0.39, 0.29) is 24.0 Å². The smallest absolute Gasteiger partial charge is 0.409 e. The van der Waals surface area contributed by atoms with E-state index in [9.17, 15) is 9.18 Å². The Morgan fingerprint density at radius 3 is 2.96 bits per heavy atom. The maximum absolute atomic E-state index is 14.4. The highest BCUT2D eigenvalue weighted by Gasteiger charge is 2.31. The first kappa shape index (κ1) is 18.5. The molecule has 1 amide bonds. The number of carbonyl (C=O) groups excluding carboxylic acids is 1. The molecule has 0 radical (unpaired) electrons. The van der Waals surface area contributed by atoms with Gasteiger partial charge in [0.2, 0.25) is 0 Å². The molecule has 1 fully saturated rings. The van der Waals surface area contributed by atoms with Gasteiger partial charge in [0, 0.05) is 29.7 Å². The lowest BCUT2D eigenvalue weighted by atomic mass is 10.0. The summed E-state index contributed by atoms with van der Waals surface area (Å²) < 4.78 is 20.0. The fourth-order valence-electron chi connectivity index (χ4n) is 2.64. The van der Waals surface area contributed by atoms with Gasteiger partial charge in [-0.3, -0.25) is 0 Å². The molecule has 0 saturated carbocycles. The number of benzene rings is 1. The Morgan fingerprint density at radius 2 is 2.26 bits per heavy atom. The number of nitrogens with one attached hydrogen (secondary N) is 1. The van der Waals surface area contributed by atoms with Gasteiger partial charge in [-0.25, -0.2) is 9.18 Å². The van der Waals surface area contributed by atoms with E-state index >= 15 is 0 Å². The summed E-state index contributed by atoms with van der Waals surface area (Å²) in [6, 6.07) is 2.82. The van der Waals surface area contributed by atoms with Crippen molar-refractivity contribution in [2.45, 2.75) is 38.8 Å². The second-order valence-electron chi connectivity index (χ2n) is 5.78. The van der Waals surface area contributed by atoms with E-state index in [1.165, 1.54) is 6.07 Å². The van der Waals surface area contributed by atoms with Gasteiger partial charge in [-0.2, -0.15) is 0 Å². The number of hydrogen-bond donors (Lipinski definition) is 1. The number of ether oxygens (including phenoxy) is 1. The summed E-state index contributed by atoms with van der Waals surface area (Å²) in [4.78, 5) is 13.8. The van der Waals surface area contributed by atoms with E-state index < -0.39 is 0 Å². The maximum atomic E-state index is 14.4. The number of piperazine rings is 1. The van der Waals surface area contributed by atoms with Crippen molar-refractivity contribution in [1.82, 2.24) is 10.2 Å². The zero-order chi connectivity index (χ0) is 17.0. The second-order valence-corrected chi connectivity index (χ2v) is 7.07. The summed E-state index contributed by atoms with van der Waals surface area (Å²) in [6.45, 7) is 5.28. The van der Waals surface area contributed by atoms with Crippen LogP contribution in [0.25, 0.3) is 0 Å². The van der Waals surface area contributed by atoms with Gasteiger partial charge in [-0.15, -0.1) is 0 Å². The molecular weight excluding hydrogens is 387 g/mol. The molecule has 7 heteroatoms. The molecule has 0 bridgehead atoms. The minimum atomic E-state index is -0.361. The summed E-state index contributed by atoms with van der Waals surface area (Å²) >= 11 is 9.20. The molecule has 0 unspecified atom stereocenters. The van der Waals surface area contributed by atoms with Crippen molar-refractivity contribution in [3.05, 3.63) is 33.0 Å². The Bertz CT molecular complexity index is 573. The van der Waals surface area contributed by atoms with Gasteiger partial charge >= 0.3 is 6.09 Å². The third kappa shape index (κ3) is 4.81. The molecule has 1 saturated heterocycles. The average molecular weight is 408 g/mol. The molecule has 4 nitrogen and oxygen atoms in total. The monoisotopic (exact) mass is 406 g/mol. The molecule has 0 aromatic heterocycles. The molecule has 1 aromatic carbocycles. The predicted octanol–water partition coefficient (Wildman–Crippen LogP) is 4.51. The van der Waals surface area contributed by atoms with Crippen LogP contribution >= 0.6 is 27.5 Å². The summed E-state index contributed by atoms with van der Waals surface area (Å²) in [5.41, 5.74) is 0.447. The van der Waals surface area contributed by atoms with Crippen molar-refractivity contribution >= 4 is 33.6 Å². The van der Waals surface area contributed by atoms with E-state index in [2.05, 4.69) is 21.2 Å². The summed E-state index contributed by atoms with van der Waals surface area (Å²) in [5.74, 6) is -0.361. The fourth-order valence-corrected chi connectivity index (χ4v) is 3.47. The SMILES string of the molecule is CCCCOC(=O)N1C[C@H](C)N[C@@H](c2cc(Cl)cc(Br)c2F)C1. The van der Waals surface area contributed by atoms with Crippen molar-refractivity contribution in [3.63, 3.8) is 0 Å². The van der Waals surface area contributed by atoms with Crippen LogP contribution in [0.1, 0.15) is 38.3 Å². The largest absolute Gasteiger partial charge is 0.449 e. The van der Waals surface area contributed by atoms with Crippen LogP contribution in [-0.2, 0) is 4.74 Å². The topological polar surface area (TPSA) is 41.6 Å². The minimum absolute atomic E-state index is 0.0321. The van der Waals surface area contributed by atoms with Crippen LogP contribution in [0.4, 0.5) is 9.18 Å². The predicted molar refractivity (Wildman–Crippen MR) is 92.3 cm³/mol. The third-order valence-electron chi connectivity index (χ3n) is 3.76. The lowest BCUT2D eigenvalue weighted by molar-refractivity contribution is 0.0813. The molecule has 0 aliphatic carbocycles. The number of halogens is 3. The first-order valence-electron chi connectivity index (χ1n) is 7.74. The van der Waals surface area contributed by atoms with Crippen LogP contribution in [-0.4, -0.2) is 36.7 Å². The number of rotatable bonds is 4. The number of nitrogens with zero attached hydrogens (tertiary/aromatic N) is 1. The Kier molecular flexibility index (Phi) is 6.68. The van der Waals surface area contributed by atoms with Gasteiger partial charge < -0.3 is 15.0 Å². The lowest BCUT2D eigenvalue weighted by Crippen LogP contribution is -2.53. The average Bonchev–Trinajstić information content (AvgIpc) is 2.50. The van der Waals surface area contributed by atoms with Crippen molar-refractivity contribution in [2.24, 2.45) is 0 Å². The van der Waals surface area contributed by atoms with Gasteiger partial charge in [-0.05, 0) is 41.4 Å². The minimum Gasteiger partial charge on any atom is -0.449 e. The zero-order valence-electron chi connectivity index (χ0n) is 13.2. The highest BCUT2D eigenvalue weighted by molar-refractivity contribution is 9.10. The lowest BCUT2D eigenvalue weighted by Gasteiger charge is -2.37. The zero-order valence-corrected chi connectivity index (χ0v) is 15.6. The molecule has 1 aliphatic heterocycles. The molecule has 23 heavy (non-hydrogen) atoms. The van der Waals surface area contributed by atoms with Crippen LogP contribution < -0.4 is 5.32 Å². The van der Waals surface area contributed by atoms with Gasteiger partial charge in [-0.1, -0.05) is 24.9 Å².